The average molecular weight is 544 g/mol. The fraction of sp³-hybridized carbons (Fsp3) is 0.387. The normalized spacial score (nSPS) is 15.4. The van der Waals surface area contributed by atoms with Crippen LogP contribution in [0.25, 0.3) is 0 Å². The Labute approximate surface area is 235 Å². The molecular formula is C31H37N5O4. The largest absolute Gasteiger partial charge is 0.459 e. The Bertz CT molecular complexity index is 1350. The number of nitrogens with one attached hydrogen (secondary N) is 1. The first-order valence-corrected chi connectivity index (χ1v) is 14.0. The van der Waals surface area contributed by atoms with Gasteiger partial charge >= 0.3 is 0 Å². The molecule has 210 valence electrons. The van der Waals surface area contributed by atoms with E-state index in [2.05, 4.69) is 46.3 Å². The van der Waals surface area contributed by atoms with E-state index in [0.717, 1.165) is 44.8 Å². The highest BCUT2D eigenvalue weighted by Gasteiger charge is 2.26. The Morgan fingerprint density at radius 2 is 1.70 bits per heavy atom. The number of likely N-dealkylation sites (tertiary alicyclic amines) is 1. The van der Waals surface area contributed by atoms with Crippen LogP contribution >= 0.6 is 0 Å². The van der Waals surface area contributed by atoms with E-state index in [1.807, 2.05) is 17.0 Å². The van der Waals surface area contributed by atoms with Crippen LogP contribution < -0.4 is 20.0 Å². The lowest BCUT2D eigenvalue weighted by atomic mass is 10.1. The molecule has 1 aromatic heterocycles. The van der Waals surface area contributed by atoms with Crippen LogP contribution in [0.5, 0.6) is 0 Å². The van der Waals surface area contributed by atoms with E-state index in [0.29, 0.717) is 37.2 Å². The summed E-state index contributed by atoms with van der Waals surface area (Å²) in [6.45, 7) is 7.32. The lowest BCUT2D eigenvalue weighted by Crippen LogP contribution is -2.47. The number of carbonyl (C=O) groups is 3. The molecular weight excluding hydrogens is 506 g/mol. The van der Waals surface area contributed by atoms with Crippen molar-refractivity contribution in [1.82, 2.24) is 10.2 Å². The summed E-state index contributed by atoms with van der Waals surface area (Å²) in [6, 6.07) is 17.3. The zero-order valence-corrected chi connectivity index (χ0v) is 23.3. The second-order valence-corrected chi connectivity index (χ2v) is 10.4. The average Bonchev–Trinajstić information content (AvgIpc) is 3.67. The Morgan fingerprint density at radius 1 is 0.950 bits per heavy atom. The van der Waals surface area contributed by atoms with E-state index in [1.54, 1.807) is 30.1 Å². The third-order valence-corrected chi connectivity index (χ3v) is 7.77. The number of para-hydroxylation sites is 1. The molecule has 5 rings (SSSR count). The molecule has 9 nitrogen and oxygen atoms in total. The summed E-state index contributed by atoms with van der Waals surface area (Å²) in [5.41, 5.74) is 4.53. The number of hydrogen-bond donors (Lipinski definition) is 1. The van der Waals surface area contributed by atoms with Gasteiger partial charge in [0.15, 0.2) is 5.76 Å². The standard InChI is InChI=1S/C31H37N5O4/c1-23-8-3-4-9-25(23)34-17-19-35(20-18-34)26-13-12-24(22-27(26)33(2)31(39)28-10-6-21-40-28)30(38)32-14-7-16-36-15-5-11-29(36)37/h3-4,6,8-10,12-13,21-22H,5,7,11,14-20H2,1-2H3,(H,32,38). The Hall–Kier alpha value is -4.27. The van der Waals surface area contributed by atoms with Crippen molar-refractivity contribution in [1.29, 1.82) is 0 Å². The smallest absolute Gasteiger partial charge is 0.293 e. The molecule has 0 aliphatic carbocycles. The minimum absolute atomic E-state index is 0.190. The number of nitrogens with zero attached hydrogens (tertiary/aromatic N) is 4. The molecule has 2 aliphatic rings. The molecule has 3 amide bonds. The van der Waals surface area contributed by atoms with Gasteiger partial charge < -0.3 is 29.3 Å². The monoisotopic (exact) mass is 543 g/mol. The fourth-order valence-corrected chi connectivity index (χ4v) is 5.50. The summed E-state index contributed by atoms with van der Waals surface area (Å²) >= 11 is 0. The zero-order chi connectivity index (χ0) is 28.1. The molecule has 40 heavy (non-hydrogen) atoms. The predicted molar refractivity (Wildman–Crippen MR) is 156 cm³/mol. The third kappa shape index (κ3) is 5.98. The summed E-state index contributed by atoms with van der Waals surface area (Å²) in [6.07, 6.45) is 3.70. The van der Waals surface area contributed by atoms with Crippen molar-refractivity contribution in [3.63, 3.8) is 0 Å². The molecule has 0 saturated carbocycles. The molecule has 0 radical (unpaired) electrons. The number of furan rings is 1. The van der Waals surface area contributed by atoms with Crippen molar-refractivity contribution in [2.45, 2.75) is 26.2 Å². The highest BCUT2D eigenvalue weighted by Crippen LogP contribution is 2.33. The van der Waals surface area contributed by atoms with Gasteiger partial charge in [-0.15, -0.1) is 0 Å². The predicted octanol–water partition coefficient (Wildman–Crippen LogP) is 3.93. The van der Waals surface area contributed by atoms with E-state index in [-0.39, 0.29) is 23.5 Å². The maximum Gasteiger partial charge on any atom is 0.293 e. The van der Waals surface area contributed by atoms with E-state index < -0.39 is 0 Å². The number of rotatable bonds is 9. The molecule has 3 aromatic rings. The van der Waals surface area contributed by atoms with Crippen LogP contribution in [0.4, 0.5) is 17.1 Å². The quantitative estimate of drug-likeness (QED) is 0.412. The van der Waals surface area contributed by atoms with E-state index in [9.17, 15) is 14.4 Å². The van der Waals surface area contributed by atoms with Crippen LogP contribution in [-0.2, 0) is 4.79 Å². The molecule has 2 fully saturated rings. The summed E-state index contributed by atoms with van der Waals surface area (Å²) in [4.78, 5) is 46.2. The lowest BCUT2D eigenvalue weighted by Gasteiger charge is -2.39. The number of piperazine rings is 1. The summed E-state index contributed by atoms with van der Waals surface area (Å²) in [5.74, 6) is -0.0545. The van der Waals surface area contributed by atoms with Crippen LogP contribution in [0.2, 0.25) is 0 Å². The van der Waals surface area contributed by atoms with Crippen LogP contribution in [0.1, 0.15) is 45.7 Å². The van der Waals surface area contributed by atoms with Crippen molar-refractivity contribution in [2.75, 3.05) is 67.6 Å². The Kier molecular flexibility index (Phi) is 8.38. The van der Waals surface area contributed by atoms with Gasteiger partial charge in [-0.2, -0.15) is 0 Å². The summed E-state index contributed by atoms with van der Waals surface area (Å²) in [5, 5.41) is 2.97. The summed E-state index contributed by atoms with van der Waals surface area (Å²) < 4.78 is 5.37. The van der Waals surface area contributed by atoms with Crippen LogP contribution in [0.3, 0.4) is 0 Å². The van der Waals surface area contributed by atoms with Crippen LogP contribution in [-0.4, -0.2) is 75.5 Å². The third-order valence-electron chi connectivity index (χ3n) is 7.77. The van der Waals surface area contributed by atoms with E-state index in [4.69, 9.17) is 4.42 Å². The number of hydrogen-bond acceptors (Lipinski definition) is 6. The van der Waals surface area contributed by atoms with E-state index >= 15 is 0 Å². The highest BCUT2D eigenvalue weighted by atomic mass is 16.3. The minimum Gasteiger partial charge on any atom is -0.459 e. The van der Waals surface area contributed by atoms with E-state index in [1.165, 1.54) is 17.5 Å². The van der Waals surface area contributed by atoms with Crippen molar-refractivity contribution >= 4 is 34.8 Å². The van der Waals surface area contributed by atoms with Crippen LogP contribution in [0.15, 0.2) is 65.3 Å². The van der Waals surface area contributed by atoms with Crippen molar-refractivity contribution < 1.29 is 18.8 Å². The Morgan fingerprint density at radius 3 is 2.38 bits per heavy atom. The van der Waals surface area contributed by atoms with Gasteiger partial charge in [-0.1, -0.05) is 18.2 Å². The molecule has 0 unspecified atom stereocenters. The zero-order valence-electron chi connectivity index (χ0n) is 23.3. The maximum atomic E-state index is 13.2. The highest BCUT2D eigenvalue weighted by molar-refractivity contribution is 6.07. The molecule has 9 heteroatoms. The first kappa shape index (κ1) is 27.3. The second-order valence-electron chi connectivity index (χ2n) is 10.4. The first-order valence-electron chi connectivity index (χ1n) is 14.0. The molecule has 2 aromatic carbocycles. The Balaban J connectivity index is 1.31. The van der Waals surface area contributed by atoms with Gasteiger partial charge in [0.05, 0.1) is 17.6 Å². The number of amides is 3. The molecule has 0 bridgehead atoms. The fourth-order valence-electron chi connectivity index (χ4n) is 5.50. The number of benzene rings is 2. The van der Waals surface area contributed by atoms with Gasteiger partial charge in [0, 0.05) is 70.5 Å². The lowest BCUT2D eigenvalue weighted by molar-refractivity contribution is -0.127. The number of carbonyl (C=O) groups excluding carboxylic acids is 3. The summed E-state index contributed by atoms with van der Waals surface area (Å²) in [7, 11) is 1.71. The van der Waals surface area contributed by atoms with Crippen molar-refractivity contribution in [3.8, 4) is 0 Å². The molecule has 2 saturated heterocycles. The van der Waals surface area contributed by atoms with Gasteiger partial charge in [0.2, 0.25) is 5.91 Å². The van der Waals surface area contributed by atoms with Gasteiger partial charge in [-0.3, -0.25) is 14.4 Å². The molecule has 3 heterocycles. The first-order chi connectivity index (χ1) is 19.4. The van der Waals surface area contributed by atoms with Crippen molar-refractivity contribution in [2.24, 2.45) is 0 Å². The molecule has 1 N–H and O–H groups in total. The van der Waals surface area contributed by atoms with Crippen molar-refractivity contribution in [3.05, 3.63) is 77.7 Å². The van der Waals surface area contributed by atoms with Gasteiger partial charge in [-0.05, 0) is 61.7 Å². The number of aryl methyl sites for hydroxylation is 1. The van der Waals surface area contributed by atoms with Crippen LogP contribution in [0, 0.1) is 6.92 Å². The molecule has 2 aliphatic heterocycles. The SMILES string of the molecule is Cc1ccccc1N1CCN(c2ccc(C(=O)NCCCN3CCCC3=O)cc2N(C)C(=O)c2ccco2)CC1. The van der Waals surface area contributed by atoms with Gasteiger partial charge in [0.1, 0.15) is 0 Å². The maximum absolute atomic E-state index is 13.2. The molecule has 0 atom stereocenters. The minimum atomic E-state index is -0.280. The topological polar surface area (TPSA) is 89.3 Å². The van der Waals surface area contributed by atoms with Gasteiger partial charge in [-0.25, -0.2) is 0 Å². The molecule has 0 spiro atoms. The second kappa shape index (κ2) is 12.3. The number of anilines is 3. The van der Waals surface area contributed by atoms with Gasteiger partial charge in [0.25, 0.3) is 11.8 Å².